The van der Waals surface area contributed by atoms with Gasteiger partial charge in [-0.25, -0.2) is 0 Å². The molecule has 14 heavy (non-hydrogen) atoms. The monoisotopic (exact) mass is 215 g/mol. The zero-order valence-corrected chi connectivity index (χ0v) is 9.65. The molecule has 3 N–H and O–H groups in total. The van der Waals surface area contributed by atoms with Crippen molar-refractivity contribution in [2.75, 3.05) is 13.1 Å². The van der Waals surface area contributed by atoms with Gasteiger partial charge in [0.25, 0.3) is 0 Å². The maximum atomic E-state index is 11.6. The van der Waals surface area contributed by atoms with E-state index in [0.29, 0.717) is 11.5 Å². The maximum Gasteiger partial charge on any atom is 0.240 e. The van der Waals surface area contributed by atoms with Crippen molar-refractivity contribution in [1.82, 2.24) is 10.2 Å². The average molecular weight is 215 g/mol. The highest BCUT2D eigenvalue weighted by Crippen LogP contribution is 2.20. The molecule has 0 bridgehead atoms. The van der Waals surface area contributed by atoms with Crippen molar-refractivity contribution in [3.63, 3.8) is 0 Å². The molecular formula is C9H17N3OS. The molecule has 0 aromatic rings. The van der Waals surface area contributed by atoms with Crippen molar-refractivity contribution >= 4 is 23.1 Å². The largest absolute Gasteiger partial charge is 0.392 e. The van der Waals surface area contributed by atoms with Crippen LogP contribution >= 0.6 is 12.2 Å². The zero-order valence-electron chi connectivity index (χ0n) is 8.83. The van der Waals surface area contributed by atoms with E-state index in [4.69, 9.17) is 18.0 Å². The molecule has 1 fully saturated rings. The van der Waals surface area contributed by atoms with Gasteiger partial charge in [0.05, 0.1) is 16.6 Å². The van der Waals surface area contributed by atoms with Crippen LogP contribution in [0.2, 0.25) is 0 Å². The van der Waals surface area contributed by atoms with Crippen LogP contribution in [0.3, 0.4) is 0 Å². The summed E-state index contributed by atoms with van der Waals surface area (Å²) in [6.07, 6.45) is 0. The first-order valence-electron chi connectivity index (χ1n) is 4.71. The normalized spacial score (nSPS) is 24.1. The Balaban J connectivity index is 2.86. The predicted molar refractivity (Wildman–Crippen MR) is 60.0 cm³/mol. The van der Waals surface area contributed by atoms with E-state index in [-0.39, 0.29) is 11.9 Å². The van der Waals surface area contributed by atoms with Gasteiger partial charge in [0.15, 0.2) is 0 Å². The summed E-state index contributed by atoms with van der Waals surface area (Å²) < 4.78 is 0. The molecule has 0 aromatic carbocycles. The lowest BCUT2D eigenvalue weighted by Gasteiger charge is -2.44. The summed E-state index contributed by atoms with van der Waals surface area (Å²) in [6, 6.07) is -0.0361. The highest BCUT2D eigenvalue weighted by Gasteiger charge is 2.40. The quantitative estimate of drug-likeness (QED) is 0.630. The van der Waals surface area contributed by atoms with Crippen molar-refractivity contribution in [2.45, 2.75) is 32.4 Å². The first-order chi connectivity index (χ1) is 6.37. The molecule has 0 spiro atoms. The summed E-state index contributed by atoms with van der Waals surface area (Å²) in [6.45, 7) is 7.15. The lowest BCUT2D eigenvalue weighted by Crippen LogP contribution is -2.65. The van der Waals surface area contributed by atoms with E-state index in [1.54, 1.807) is 0 Å². The molecule has 1 rings (SSSR count). The minimum absolute atomic E-state index is 0.0341. The van der Waals surface area contributed by atoms with Gasteiger partial charge < -0.3 is 11.1 Å². The SMILES string of the molecule is CC(C(N)=S)N1CCNC(=O)C1(C)C. The van der Waals surface area contributed by atoms with E-state index >= 15 is 0 Å². The number of rotatable bonds is 2. The van der Waals surface area contributed by atoms with Gasteiger partial charge in [-0.05, 0) is 20.8 Å². The molecule has 1 unspecified atom stereocenters. The minimum atomic E-state index is -0.527. The number of hydrogen-bond donors (Lipinski definition) is 2. The smallest absolute Gasteiger partial charge is 0.240 e. The fraction of sp³-hybridized carbons (Fsp3) is 0.778. The van der Waals surface area contributed by atoms with E-state index in [2.05, 4.69) is 5.32 Å². The Hall–Kier alpha value is -0.680. The predicted octanol–water partition coefficient (Wildman–Crippen LogP) is -0.129. The Morgan fingerprint density at radius 3 is 2.79 bits per heavy atom. The molecule has 1 aliphatic heterocycles. The van der Waals surface area contributed by atoms with Gasteiger partial charge in [-0.2, -0.15) is 0 Å². The topological polar surface area (TPSA) is 58.4 Å². The Morgan fingerprint density at radius 1 is 1.71 bits per heavy atom. The number of nitrogens with one attached hydrogen (secondary N) is 1. The lowest BCUT2D eigenvalue weighted by molar-refractivity contribution is -0.135. The van der Waals surface area contributed by atoms with Crippen LogP contribution in [0.25, 0.3) is 0 Å². The maximum absolute atomic E-state index is 11.6. The summed E-state index contributed by atoms with van der Waals surface area (Å²) in [4.78, 5) is 14.1. The van der Waals surface area contributed by atoms with Gasteiger partial charge >= 0.3 is 0 Å². The number of carbonyl (C=O) groups excluding carboxylic acids is 1. The minimum Gasteiger partial charge on any atom is -0.392 e. The third-order valence-corrected chi connectivity index (χ3v) is 3.13. The molecule has 0 radical (unpaired) electrons. The van der Waals surface area contributed by atoms with Crippen LogP contribution in [0.1, 0.15) is 20.8 Å². The number of nitrogens with zero attached hydrogens (tertiary/aromatic N) is 1. The van der Waals surface area contributed by atoms with E-state index in [1.807, 2.05) is 25.7 Å². The Bertz CT molecular complexity index is 265. The van der Waals surface area contributed by atoms with Crippen LogP contribution in [-0.4, -0.2) is 40.5 Å². The summed E-state index contributed by atoms with van der Waals surface area (Å²) in [5.74, 6) is 0.0341. The summed E-state index contributed by atoms with van der Waals surface area (Å²) in [5, 5.41) is 2.83. The zero-order chi connectivity index (χ0) is 10.9. The highest BCUT2D eigenvalue weighted by molar-refractivity contribution is 7.80. The van der Waals surface area contributed by atoms with Crippen LogP contribution in [0.4, 0.5) is 0 Å². The van der Waals surface area contributed by atoms with Crippen molar-refractivity contribution in [3.05, 3.63) is 0 Å². The summed E-state index contributed by atoms with van der Waals surface area (Å²) in [7, 11) is 0. The molecule has 1 aliphatic rings. The molecular weight excluding hydrogens is 198 g/mol. The van der Waals surface area contributed by atoms with Crippen LogP contribution in [0, 0.1) is 0 Å². The van der Waals surface area contributed by atoms with Gasteiger partial charge in [0.1, 0.15) is 0 Å². The van der Waals surface area contributed by atoms with Crippen LogP contribution < -0.4 is 11.1 Å². The number of thiocarbonyl (C=S) groups is 1. The second kappa shape index (κ2) is 3.82. The Labute approximate surface area is 89.8 Å². The molecule has 0 aromatic heterocycles. The molecule has 1 atom stereocenters. The van der Waals surface area contributed by atoms with Crippen LogP contribution in [-0.2, 0) is 4.79 Å². The number of nitrogens with two attached hydrogens (primary N) is 1. The molecule has 1 heterocycles. The highest BCUT2D eigenvalue weighted by atomic mass is 32.1. The van der Waals surface area contributed by atoms with E-state index < -0.39 is 5.54 Å². The van der Waals surface area contributed by atoms with Crippen LogP contribution in [0.5, 0.6) is 0 Å². The van der Waals surface area contributed by atoms with E-state index in [9.17, 15) is 4.79 Å². The van der Waals surface area contributed by atoms with E-state index in [1.165, 1.54) is 0 Å². The molecule has 0 saturated carbocycles. The fourth-order valence-corrected chi connectivity index (χ4v) is 1.87. The number of carbonyl (C=O) groups is 1. The Morgan fingerprint density at radius 2 is 2.29 bits per heavy atom. The van der Waals surface area contributed by atoms with Gasteiger partial charge in [-0.15, -0.1) is 0 Å². The first-order valence-corrected chi connectivity index (χ1v) is 5.12. The third-order valence-electron chi connectivity index (χ3n) is 2.79. The average Bonchev–Trinajstić information content (AvgIpc) is 2.08. The van der Waals surface area contributed by atoms with Gasteiger partial charge in [0, 0.05) is 13.1 Å². The van der Waals surface area contributed by atoms with Gasteiger partial charge in [-0.1, -0.05) is 12.2 Å². The number of amides is 1. The molecule has 80 valence electrons. The molecule has 1 saturated heterocycles. The van der Waals surface area contributed by atoms with Crippen molar-refractivity contribution in [3.8, 4) is 0 Å². The van der Waals surface area contributed by atoms with Crippen molar-refractivity contribution < 1.29 is 4.79 Å². The first kappa shape index (κ1) is 11.4. The molecule has 4 nitrogen and oxygen atoms in total. The van der Waals surface area contributed by atoms with Crippen molar-refractivity contribution in [1.29, 1.82) is 0 Å². The molecule has 5 heteroatoms. The summed E-state index contributed by atoms with van der Waals surface area (Å²) >= 11 is 4.94. The van der Waals surface area contributed by atoms with Crippen molar-refractivity contribution in [2.24, 2.45) is 5.73 Å². The molecule has 0 aliphatic carbocycles. The van der Waals surface area contributed by atoms with Gasteiger partial charge in [0.2, 0.25) is 5.91 Å². The molecule has 1 amide bonds. The lowest BCUT2D eigenvalue weighted by atomic mass is 9.97. The second-order valence-corrected chi connectivity index (χ2v) is 4.56. The standard InChI is InChI=1S/C9H17N3OS/c1-6(7(10)14)12-5-4-11-8(13)9(12,2)3/h6H,4-5H2,1-3H3,(H2,10,14)(H,11,13). The fourth-order valence-electron chi connectivity index (χ4n) is 1.75. The van der Waals surface area contributed by atoms with Crippen LogP contribution in [0.15, 0.2) is 0 Å². The third kappa shape index (κ3) is 1.88. The number of piperazine rings is 1. The van der Waals surface area contributed by atoms with E-state index in [0.717, 1.165) is 6.54 Å². The van der Waals surface area contributed by atoms with Gasteiger partial charge in [-0.3, -0.25) is 9.69 Å². The Kier molecular flexibility index (Phi) is 3.11. The summed E-state index contributed by atoms with van der Waals surface area (Å²) in [5.41, 5.74) is 5.06. The number of hydrogen-bond acceptors (Lipinski definition) is 3. The second-order valence-electron chi connectivity index (χ2n) is 4.09.